The molecule has 31 heavy (non-hydrogen) atoms. The van der Waals surface area contributed by atoms with E-state index in [2.05, 4.69) is 20.6 Å². The zero-order valence-corrected chi connectivity index (χ0v) is 18.4. The number of carbonyl (C=O) groups is 2. The molecule has 0 radical (unpaired) electrons. The molecule has 2 amide bonds. The lowest BCUT2D eigenvalue weighted by Gasteiger charge is -2.31. The van der Waals surface area contributed by atoms with Crippen molar-refractivity contribution in [3.63, 3.8) is 0 Å². The third kappa shape index (κ3) is 4.84. The van der Waals surface area contributed by atoms with E-state index in [0.29, 0.717) is 44.7 Å². The average Bonchev–Trinajstić information content (AvgIpc) is 2.74. The van der Waals surface area contributed by atoms with Crippen molar-refractivity contribution >= 4 is 22.8 Å². The maximum absolute atomic E-state index is 13.2. The number of carbonyl (C=O) groups excluding carboxylic acids is 2. The quantitative estimate of drug-likeness (QED) is 0.599. The largest absolute Gasteiger partial charge is 0.358 e. The Hall–Kier alpha value is -3.01. The zero-order chi connectivity index (χ0) is 22.7. The maximum atomic E-state index is 13.2. The van der Waals surface area contributed by atoms with Gasteiger partial charge in [0, 0.05) is 38.4 Å². The Morgan fingerprint density at radius 1 is 1.26 bits per heavy atom. The number of likely N-dealkylation sites (N-methyl/N-ethyl adjacent to an activating group) is 1. The number of aromatic nitrogens is 3. The monoisotopic (exact) mass is 430 g/mol. The molecule has 0 atom stereocenters. The number of amides is 2. The first-order valence-electron chi connectivity index (χ1n) is 10.7. The summed E-state index contributed by atoms with van der Waals surface area (Å²) >= 11 is 0. The Balaban J connectivity index is 1.90. The van der Waals surface area contributed by atoms with Crippen LogP contribution in [-0.2, 0) is 11.3 Å². The normalized spacial score (nSPS) is 15.4. The van der Waals surface area contributed by atoms with Crippen molar-refractivity contribution in [1.82, 2.24) is 30.1 Å². The number of H-pyrrole nitrogens is 1. The first-order valence-corrected chi connectivity index (χ1v) is 10.7. The highest BCUT2D eigenvalue weighted by molar-refractivity contribution is 6.05. The molecule has 10 heteroatoms. The molecule has 0 unspecified atom stereocenters. The second-order valence-electron chi connectivity index (χ2n) is 8.15. The van der Waals surface area contributed by atoms with Crippen molar-refractivity contribution in [2.45, 2.75) is 52.1 Å². The average molecular weight is 431 g/mol. The molecule has 1 saturated heterocycles. The predicted octanol–water partition coefficient (Wildman–Crippen LogP) is 0.168. The fourth-order valence-corrected chi connectivity index (χ4v) is 3.84. The van der Waals surface area contributed by atoms with E-state index in [1.807, 2.05) is 18.7 Å². The zero-order valence-electron chi connectivity index (χ0n) is 18.4. The van der Waals surface area contributed by atoms with Gasteiger partial charge in [0.15, 0.2) is 5.65 Å². The van der Waals surface area contributed by atoms with Crippen molar-refractivity contribution in [2.75, 3.05) is 26.7 Å². The second kappa shape index (κ2) is 9.42. The highest BCUT2D eigenvalue weighted by Crippen LogP contribution is 2.20. The summed E-state index contributed by atoms with van der Waals surface area (Å²) in [6, 6.07) is 1.58. The predicted molar refractivity (Wildman–Crippen MR) is 117 cm³/mol. The molecule has 0 aliphatic carbocycles. The van der Waals surface area contributed by atoms with Gasteiger partial charge in [-0.15, -0.1) is 0 Å². The van der Waals surface area contributed by atoms with E-state index in [9.17, 15) is 19.2 Å². The van der Waals surface area contributed by atoms with Gasteiger partial charge in [0.25, 0.3) is 11.5 Å². The number of piperidine rings is 1. The molecule has 3 rings (SSSR count). The number of nitrogens with one attached hydrogen (secondary N) is 3. The van der Waals surface area contributed by atoms with Gasteiger partial charge >= 0.3 is 5.69 Å². The Morgan fingerprint density at radius 3 is 2.52 bits per heavy atom. The number of aryl methyl sites for hydroxylation is 1. The van der Waals surface area contributed by atoms with Crippen LogP contribution in [-0.4, -0.2) is 64.0 Å². The summed E-state index contributed by atoms with van der Waals surface area (Å²) in [5, 5.41) is 5.77. The molecule has 0 aromatic carbocycles. The number of likely N-dealkylation sites (tertiary alicyclic amines) is 1. The van der Waals surface area contributed by atoms with E-state index >= 15 is 0 Å². The van der Waals surface area contributed by atoms with Gasteiger partial charge in [-0.2, -0.15) is 0 Å². The summed E-state index contributed by atoms with van der Waals surface area (Å²) in [5.41, 5.74) is -0.0514. The van der Waals surface area contributed by atoms with Crippen LogP contribution in [0.3, 0.4) is 0 Å². The lowest BCUT2D eigenvalue weighted by molar-refractivity contribution is -0.122. The number of fused-ring (bicyclic) bond motifs is 1. The van der Waals surface area contributed by atoms with Gasteiger partial charge in [-0.3, -0.25) is 28.8 Å². The third-order valence-corrected chi connectivity index (χ3v) is 5.69. The molecule has 1 fully saturated rings. The molecule has 2 aromatic heterocycles. The van der Waals surface area contributed by atoms with Crippen LogP contribution in [0.4, 0.5) is 0 Å². The summed E-state index contributed by atoms with van der Waals surface area (Å²) in [7, 11) is 1.61. The summed E-state index contributed by atoms with van der Waals surface area (Å²) < 4.78 is 1.37. The van der Waals surface area contributed by atoms with Gasteiger partial charge in [0.1, 0.15) is 0 Å². The van der Waals surface area contributed by atoms with Crippen molar-refractivity contribution in [3.05, 3.63) is 38.2 Å². The maximum Gasteiger partial charge on any atom is 0.329 e. The summed E-state index contributed by atoms with van der Waals surface area (Å²) in [6.45, 7) is 7.74. The molecular formula is C21H30N6O4. The van der Waals surface area contributed by atoms with Gasteiger partial charge < -0.3 is 10.6 Å². The van der Waals surface area contributed by atoms with E-state index in [1.165, 1.54) is 4.57 Å². The lowest BCUT2D eigenvalue weighted by atomic mass is 10.0. The topological polar surface area (TPSA) is 129 Å². The Kier molecular flexibility index (Phi) is 6.89. The molecule has 0 saturated carbocycles. The van der Waals surface area contributed by atoms with Crippen LogP contribution in [0.1, 0.15) is 55.6 Å². The Morgan fingerprint density at radius 2 is 1.94 bits per heavy atom. The highest BCUT2D eigenvalue weighted by atomic mass is 16.2. The Labute approximate surface area is 180 Å². The van der Waals surface area contributed by atoms with Crippen molar-refractivity contribution in [2.24, 2.45) is 0 Å². The number of hydrogen-bond donors (Lipinski definition) is 3. The molecular weight excluding hydrogens is 400 g/mol. The van der Waals surface area contributed by atoms with Crippen LogP contribution in [0.5, 0.6) is 0 Å². The van der Waals surface area contributed by atoms with E-state index in [4.69, 9.17) is 0 Å². The standard InChI is InChI=1S/C21H30N6O4/c1-5-27-18-17(20(30)25-21(27)31)14(10-15(24-18)12(2)3)19(29)23-13-6-8-26(9-7-13)11-16(28)22-4/h10,12-13H,5-9,11H2,1-4H3,(H,22,28)(H,23,29)(H,25,30,31). The fraction of sp³-hybridized carbons (Fsp3) is 0.571. The van der Waals surface area contributed by atoms with Gasteiger partial charge in [-0.1, -0.05) is 13.8 Å². The minimum Gasteiger partial charge on any atom is -0.358 e. The smallest absolute Gasteiger partial charge is 0.329 e. The molecule has 2 aromatic rings. The van der Waals surface area contributed by atoms with Gasteiger partial charge in [0.05, 0.1) is 17.5 Å². The molecule has 0 spiro atoms. The highest BCUT2D eigenvalue weighted by Gasteiger charge is 2.25. The van der Waals surface area contributed by atoms with Crippen LogP contribution < -0.4 is 21.9 Å². The third-order valence-electron chi connectivity index (χ3n) is 5.69. The number of pyridine rings is 1. The van der Waals surface area contributed by atoms with Gasteiger partial charge in [-0.05, 0) is 31.7 Å². The minimum atomic E-state index is -0.613. The van der Waals surface area contributed by atoms with E-state index in [-0.39, 0.29) is 40.4 Å². The Bertz CT molecular complexity index is 1100. The summed E-state index contributed by atoms with van der Waals surface area (Å²) in [4.78, 5) is 58.4. The molecule has 3 heterocycles. The van der Waals surface area contributed by atoms with Gasteiger partial charge in [-0.25, -0.2) is 9.78 Å². The number of hydrogen-bond acceptors (Lipinski definition) is 6. The second-order valence-corrected chi connectivity index (χ2v) is 8.15. The molecule has 0 bridgehead atoms. The number of nitrogens with zero attached hydrogens (tertiary/aromatic N) is 3. The van der Waals surface area contributed by atoms with Crippen LogP contribution in [0.15, 0.2) is 15.7 Å². The minimum absolute atomic E-state index is 0.0172. The summed E-state index contributed by atoms with van der Waals surface area (Å²) in [6.07, 6.45) is 1.41. The van der Waals surface area contributed by atoms with Crippen molar-refractivity contribution in [1.29, 1.82) is 0 Å². The van der Waals surface area contributed by atoms with Crippen LogP contribution in [0.2, 0.25) is 0 Å². The van der Waals surface area contributed by atoms with E-state index in [1.54, 1.807) is 20.0 Å². The molecule has 3 N–H and O–H groups in total. The van der Waals surface area contributed by atoms with Gasteiger partial charge in [0.2, 0.25) is 5.91 Å². The van der Waals surface area contributed by atoms with E-state index in [0.717, 1.165) is 0 Å². The molecule has 168 valence electrons. The SMILES string of the molecule is CCn1c(=O)[nH]c(=O)c2c(C(=O)NC3CCN(CC(=O)NC)CC3)cc(C(C)C)nc21. The van der Waals surface area contributed by atoms with Crippen LogP contribution in [0.25, 0.3) is 11.0 Å². The molecule has 1 aliphatic heterocycles. The molecule has 1 aliphatic rings. The lowest BCUT2D eigenvalue weighted by Crippen LogP contribution is -2.47. The number of aromatic amines is 1. The fourth-order valence-electron chi connectivity index (χ4n) is 3.84. The van der Waals surface area contributed by atoms with Crippen molar-refractivity contribution in [3.8, 4) is 0 Å². The summed E-state index contributed by atoms with van der Waals surface area (Å²) in [5.74, 6) is -0.373. The number of rotatable bonds is 6. The first kappa shape index (κ1) is 22.7. The van der Waals surface area contributed by atoms with Crippen molar-refractivity contribution < 1.29 is 9.59 Å². The van der Waals surface area contributed by atoms with E-state index < -0.39 is 11.2 Å². The molecule has 10 nitrogen and oxygen atoms in total. The van der Waals surface area contributed by atoms with Crippen LogP contribution in [0, 0.1) is 0 Å². The van der Waals surface area contributed by atoms with Crippen LogP contribution >= 0.6 is 0 Å². The first-order chi connectivity index (χ1) is 14.7.